The van der Waals surface area contributed by atoms with Crippen LogP contribution in [0.1, 0.15) is 21.6 Å². The zero-order valence-electron chi connectivity index (χ0n) is 20.3. The summed E-state index contributed by atoms with van der Waals surface area (Å²) in [6, 6.07) is 23.3. The second kappa shape index (κ2) is 9.32. The molecule has 0 amide bonds. The molecular formula is C31H21ClN2O4. The topological polar surface area (TPSA) is 92.4 Å². The van der Waals surface area contributed by atoms with Crippen molar-refractivity contribution in [3.05, 3.63) is 111 Å². The van der Waals surface area contributed by atoms with Crippen molar-refractivity contribution in [3.8, 4) is 28.2 Å². The molecule has 2 aliphatic rings. The quantitative estimate of drug-likeness (QED) is 0.184. The number of pyridine rings is 1. The van der Waals surface area contributed by atoms with E-state index >= 15 is 0 Å². The van der Waals surface area contributed by atoms with Crippen LogP contribution in [0.15, 0.2) is 88.1 Å². The minimum atomic E-state index is -0.381. The minimum absolute atomic E-state index is 0.0309. The molecule has 7 heteroatoms. The van der Waals surface area contributed by atoms with Gasteiger partial charge in [-0.1, -0.05) is 54.1 Å². The number of nitrogens with zero attached hydrogens (tertiary/aromatic N) is 1. The van der Waals surface area contributed by atoms with Crippen molar-refractivity contribution >= 4 is 45.4 Å². The number of carbonyl (C=O) groups is 1. The van der Waals surface area contributed by atoms with Crippen LogP contribution < -0.4 is 10.7 Å². The standard InChI is InChI=1S/C31H21ClN2O4/c1-17-9-10-18-6-4-8-25(30(18)34-17)33-15-23-26(36)12-11-21-29(20-7-3-2-5-19(20)16-35)22-13-24(32)27(37)14-28(22)38-31(21)23/h2-14,16,33,36H,15H2,1H3. The molecule has 6 nitrogen and oxygen atoms in total. The van der Waals surface area contributed by atoms with E-state index in [1.165, 1.54) is 6.07 Å². The van der Waals surface area contributed by atoms with E-state index in [0.717, 1.165) is 28.6 Å². The molecule has 0 bridgehead atoms. The molecule has 0 atom stereocenters. The van der Waals surface area contributed by atoms with Crippen molar-refractivity contribution in [2.75, 3.05) is 5.32 Å². The zero-order valence-corrected chi connectivity index (χ0v) is 21.0. The van der Waals surface area contributed by atoms with Gasteiger partial charge >= 0.3 is 0 Å². The van der Waals surface area contributed by atoms with Gasteiger partial charge in [0.05, 0.1) is 21.8 Å². The number of hydrogen-bond acceptors (Lipinski definition) is 6. The van der Waals surface area contributed by atoms with E-state index in [0.29, 0.717) is 44.5 Å². The second-order valence-electron chi connectivity index (χ2n) is 9.08. The summed E-state index contributed by atoms with van der Waals surface area (Å²) in [5.74, 6) is 0.334. The molecule has 0 saturated carbocycles. The number of anilines is 1. The van der Waals surface area contributed by atoms with E-state index in [4.69, 9.17) is 16.0 Å². The number of nitrogens with one attached hydrogen (secondary N) is 1. The number of rotatable bonds is 5. The smallest absolute Gasteiger partial charge is 0.200 e. The van der Waals surface area contributed by atoms with Crippen molar-refractivity contribution in [2.45, 2.75) is 13.5 Å². The molecule has 0 radical (unpaired) electrons. The highest BCUT2D eigenvalue weighted by Crippen LogP contribution is 2.44. The van der Waals surface area contributed by atoms with Crippen LogP contribution >= 0.6 is 11.6 Å². The largest absolute Gasteiger partial charge is 0.507 e. The molecule has 1 aliphatic heterocycles. The fraction of sp³-hybridized carbons (Fsp3) is 0.0645. The summed E-state index contributed by atoms with van der Waals surface area (Å²) in [5.41, 5.74) is 5.47. The first kappa shape index (κ1) is 23.7. The second-order valence-corrected chi connectivity index (χ2v) is 9.49. The van der Waals surface area contributed by atoms with Crippen molar-refractivity contribution < 1.29 is 14.3 Å². The molecule has 186 valence electrons. The number of aldehydes is 1. The Hall–Kier alpha value is -4.68. The number of aromatic hydroxyl groups is 1. The Bertz CT molecular complexity index is 1910. The van der Waals surface area contributed by atoms with Crippen molar-refractivity contribution in [1.29, 1.82) is 0 Å². The molecular weight excluding hydrogens is 500 g/mol. The highest BCUT2D eigenvalue weighted by atomic mass is 35.5. The van der Waals surface area contributed by atoms with E-state index in [2.05, 4.69) is 10.3 Å². The van der Waals surface area contributed by atoms with Gasteiger partial charge in [-0.3, -0.25) is 14.6 Å². The molecule has 3 aromatic carbocycles. The van der Waals surface area contributed by atoms with Crippen molar-refractivity contribution in [2.24, 2.45) is 0 Å². The van der Waals surface area contributed by atoms with Gasteiger partial charge in [0.25, 0.3) is 0 Å². The summed E-state index contributed by atoms with van der Waals surface area (Å²) in [6.45, 7) is 2.16. The maximum absolute atomic E-state index is 12.4. The molecule has 6 rings (SSSR count). The van der Waals surface area contributed by atoms with Crippen LogP contribution in [-0.2, 0) is 6.54 Å². The number of aromatic nitrogens is 1. The lowest BCUT2D eigenvalue weighted by atomic mass is 9.90. The SMILES string of the molecule is Cc1ccc2cccc(NCc3c(O)ccc4c(-c5ccccc5C=O)c5cc(Cl)c(=O)cc-5oc34)c2n1. The highest BCUT2D eigenvalue weighted by Gasteiger charge is 2.23. The number of aryl methyl sites for hydroxylation is 1. The maximum atomic E-state index is 12.4. The maximum Gasteiger partial charge on any atom is 0.200 e. The summed E-state index contributed by atoms with van der Waals surface area (Å²) in [6.07, 6.45) is 0.791. The highest BCUT2D eigenvalue weighted by molar-refractivity contribution is 6.31. The predicted octanol–water partition coefficient (Wildman–Crippen LogP) is 7.21. The van der Waals surface area contributed by atoms with Crippen LogP contribution in [0.5, 0.6) is 5.75 Å². The third kappa shape index (κ3) is 3.96. The summed E-state index contributed by atoms with van der Waals surface area (Å²) >= 11 is 6.23. The number of phenolic OH excluding ortho intramolecular Hbond substituents is 1. The number of benzene rings is 4. The van der Waals surface area contributed by atoms with Gasteiger partial charge in [-0.25, -0.2) is 0 Å². The van der Waals surface area contributed by atoms with Gasteiger partial charge in [-0.2, -0.15) is 0 Å². The van der Waals surface area contributed by atoms with Crippen LogP contribution in [0, 0.1) is 6.92 Å². The third-order valence-corrected chi connectivity index (χ3v) is 6.99. The van der Waals surface area contributed by atoms with Gasteiger partial charge in [-0.05, 0) is 42.8 Å². The van der Waals surface area contributed by atoms with Crippen LogP contribution in [0.3, 0.4) is 0 Å². The van der Waals surface area contributed by atoms with Gasteiger partial charge in [0.1, 0.15) is 17.1 Å². The van der Waals surface area contributed by atoms with Gasteiger partial charge in [0.2, 0.25) is 5.43 Å². The summed E-state index contributed by atoms with van der Waals surface area (Å²) < 4.78 is 6.26. The molecule has 0 spiro atoms. The molecule has 2 heterocycles. The van der Waals surface area contributed by atoms with Crippen LogP contribution in [-0.4, -0.2) is 16.4 Å². The summed E-state index contributed by atoms with van der Waals surface area (Å²) in [5, 5.41) is 16.0. The number of fused-ring (bicyclic) bond motifs is 3. The molecule has 1 aliphatic carbocycles. The first-order chi connectivity index (χ1) is 18.4. The third-order valence-electron chi connectivity index (χ3n) is 6.69. The Kier molecular flexibility index (Phi) is 5.81. The first-order valence-electron chi connectivity index (χ1n) is 12.0. The number of halogens is 1. The van der Waals surface area contributed by atoms with Crippen LogP contribution in [0.4, 0.5) is 5.69 Å². The molecule has 1 aromatic heterocycles. The Morgan fingerprint density at radius 3 is 2.68 bits per heavy atom. The molecule has 4 aromatic rings. The average molecular weight is 521 g/mol. The van der Waals surface area contributed by atoms with Gasteiger partial charge in [-0.15, -0.1) is 0 Å². The molecule has 2 N–H and O–H groups in total. The zero-order chi connectivity index (χ0) is 26.4. The lowest BCUT2D eigenvalue weighted by Gasteiger charge is -2.19. The minimum Gasteiger partial charge on any atom is -0.507 e. The van der Waals surface area contributed by atoms with Crippen LogP contribution in [0.2, 0.25) is 5.02 Å². The van der Waals surface area contributed by atoms with Gasteiger partial charge in [0, 0.05) is 45.8 Å². The van der Waals surface area contributed by atoms with E-state index in [1.807, 2.05) is 49.4 Å². The molecule has 38 heavy (non-hydrogen) atoms. The Balaban J connectivity index is 1.59. The Morgan fingerprint density at radius 2 is 1.84 bits per heavy atom. The lowest BCUT2D eigenvalue weighted by molar-refractivity contribution is 0.112. The lowest BCUT2D eigenvalue weighted by Crippen LogP contribution is -2.05. The van der Waals surface area contributed by atoms with Crippen molar-refractivity contribution in [1.82, 2.24) is 4.98 Å². The fourth-order valence-corrected chi connectivity index (χ4v) is 5.02. The monoisotopic (exact) mass is 520 g/mol. The summed E-state index contributed by atoms with van der Waals surface area (Å²) in [7, 11) is 0. The molecule has 0 saturated heterocycles. The fourth-order valence-electron chi connectivity index (χ4n) is 4.86. The Labute approximate surface area is 222 Å². The first-order valence-corrected chi connectivity index (χ1v) is 12.4. The number of hydrogen-bond donors (Lipinski definition) is 2. The number of phenols is 1. The molecule has 0 unspecified atom stereocenters. The normalized spacial score (nSPS) is 11.3. The average Bonchev–Trinajstić information content (AvgIpc) is 2.92. The van der Waals surface area contributed by atoms with Gasteiger partial charge in [0.15, 0.2) is 6.29 Å². The van der Waals surface area contributed by atoms with E-state index in [-0.39, 0.29) is 22.7 Å². The number of carbonyl (C=O) groups excluding carboxylic acids is 1. The predicted molar refractivity (Wildman–Crippen MR) is 150 cm³/mol. The Morgan fingerprint density at radius 1 is 1.00 bits per heavy atom. The van der Waals surface area contributed by atoms with E-state index < -0.39 is 0 Å². The van der Waals surface area contributed by atoms with E-state index in [1.54, 1.807) is 30.3 Å². The van der Waals surface area contributed by atoms with Crippen LogP contribution in [0.25, 0.3) is 44.3 Å². The number of para-hydroxylation sites is 1. The van der Waals surface area contributed by atoms with Gasteiger partial charge < -0.3 is 14.8 Å². The molecule has 0 fully saturated rings. The summed E-state index contributed by atoms with van der Waals surface area (Å²) in [4.78, 5) is 29.1. The van der Waals surface area contributed by atoms with E-state index in [9.17, 15) is 14.7 Å². The van der Waals surface area contributed by atoms with Crippen molar-refractivity contribution in [3.63, 3.8) is 0 Å².